The highest BCUT2D eigenvalue weighted by molar-refractivity contribution is 9.10. The molecule has 0 radical (unpaired) electrons. The van der Waals surface area contributed by atoms with Crippen molar-refractivity contribution in [3.05, 3.63) is 63.9 Å². The number of fused-ring (bicyclic) bond motifs is 4. The molecule has 2 saturated heterocycles. The lowest BCUT2D eigenvalue weighted by Gasteiger charge is -2.50. The molecule has 6 unspecified atom stereocenters. The molecule has 9 nitrogen and oxygen atoms in total. The molecule has 6 rings (SSSR count). The predicted molar refractivity (Wildman–Crippen MR) is 143 cm³/mol. The second kappa shape index (κ2) is 9.01. The summed E-state index contributed by atoms with van der Waals surface area (Å²) in [6.45, 7) is 0. The van der Waals surface area contributed by atoms with E-state index in [9.17, 15) is 33.9 Å². The van der Waals surface area contributed by atoms with Crippen molar-refractivity contribution in [3.8, 4) is 11.5 Å². The molecule has 2 aromatic rings. The molecule has 40 heavy (non-hydrogen) atoms. The molecule has 6 atom stereocenters. The molecule has 2 aliphatic heterocycles. The van der Waals surface area contributed by atoms with Crippen LogP contribution in [-0.4, -0.2) is 55.9 Å². The minimum Gasteiger partial charge on any atom is -0.504 e. The molecule has 208 valence electrons. The number of halogens is 4. The van der Waals surface area contributed by atoms with Gasteiger partial charge >= 0.3 is 0 Å². The van der Waals surface area contributed by atoms with Crippen LogP contribution in [0.15, 0.2) is 52.5 Å². The highest BCUT2D eigenvalue weighted by atomic mass is 79.9. The van der Waals surface area contributed by atoms with Crippen LogP contribution in [0.3, 0.4) is 0 Å². The number of hydrogen-bond acceptors (Lipinski definition) is 7. The number of rotatable bonds is 3. The summed E-state index contributed by atoms with van der Waals surface area (Å²) in [6, 6.07) is 7.64. The second-order valence-electron chi connectivity index (χ2n) is 10.3. The summed E-state index contributed by atoms with van der Waals surface area (Å²) in [5, 5.41) is 21.5. The van der Waals surface area contributed by atoms with E-state index in [4.69, 9.17) is 27.9 Å². The molecular formula is C27H20BrCl2FN2O7. The van der Waals surface area contributed by atoms with E-state index in [0.29, 0.717) is 10.0 Å². The van der Waals surface area contributed by atoms with Gasteiger partial charge in [0.15, 0.2) is 21.2 Å². The number of hydroxylamine groups is 2. The quantitative estimate of drug-likeness (QED) is 0.220. The molecule has 13 heteroatoms. The number of phenols is 1. The summed E-state index contributed by atoms with van der Waals surface area (Å²) in [6.07, 6.45) is 1.39. The lowest BCUT2D eigenvalue weighted by atomic mass is 9.56. The number of amides is 4. The Morgan fingerprint density at radius 3 is 2.38 bits per heavy atom. The van der Waals surface area contributed by atoms with Crippen LogP contribution >= 0.6 is 39.1 Å². The predicted octanol–water partition coefficient (Wildman–Crippen LogP) is 4.26. The molecule has 4 aliphatic rings. The topological polar surface area (TPSA) is 124 Å². The number of benzene rings is 2. The minimum absolute atomic E-state index is 0.0316. The maximum Gasteiger partial charge on any atom is 0.258 e. The Morgan fingerprint density at radius 1 is 1.05 bits per heavy atom. The molecular weight excluding hydrogens is 634 g/mol. The number of phenolic OH excluding ortho intramolecular Hbond substituents is 1. The zero-order valence-electron chi connectivity index (χ0n) is 20.6. The molecule has 2 heterocycles. The van der Waals surface area contributed by atoms with Gasteiger partial charge in [-0.2, -0.15) is 5.06 Å². The van der Waals surface area contributed by atoms with Gasteiger partial charge in [-0.1, -0.05) is 27.6 Å². The lowest BCUT2D eigenvalue weighted by Crippen LogP contribution is -2.60. The van der Waals surface area contributed by atoms with Crippen LogP contribution in [0.4, 0.5) is 10.1 Å². The molecule has 1 saturated carbocycles. The number of anilines is 1. The monoisotopic (exact) mass is 652 g/mol. The van der Waals surface area contributed by atoms with E-state index in [2.05, 4.69) is 15.9 Å². The lowest BCUT2D eigenvalue weighted by molar-refractivity contribution is -0.173. The van der Waals surface area contributed by atoms with Crippen molar-refractivity contribution in [2.45, 2.75) is 28.5 Å². The number of carbonyl (C=O) groups excluding carboxylic acids is 4. The first-order valence-electron chi connectivity index (χ1n) is 12.2. The van der Waals surface area contributed by atoms with E-state index in [-0.39, 0.29) is 40.7 Å². The summed E-state index contributed by atoms with van der Waals surface area (Å²) in [5.41, 5.74) is 0.547. The second-order valence-corrected chi connectivity index (χ2v) is 12.4. The van der Waals surface area contributed by atoms with Gasteiger partial charge in [0.1, 0.15) is 5.82 Å². The number of allylic oxidation sites excluding steroid dienone is 2. The number of alkyl halides is 2. The van der Waals surface area contributed by atoms with E-state index < -0.39 is 62.9 Å². The average Bonchev–Trinajstić information content (AvgIpc) is 3.23. The fraction of sp³-hybridized carbons (Fsp3) is 0.333. The molecule has 2 aliphatic carbocycles. The maximum atomic E-state index is 14.2. The minimum atomic E-state index is -2.22. The van der Waals surface area contributed by atoms with Gasteiger partial charge in [-0.05, 0) is 55.2 Å². The van der Waals surface area contributed by atoms with E-state index >= 15 is 0 Å². The first-order chi connectivity index (χ1) is 18.9. The summed E-state index contributed by atoms with van der Waals surface area (Å²) >= 11 is 17.8. The fourth-order valence-electron chi connectivity index (χ4n) is 6.70. The molecule has 3 fully saturated rings. The first kappa shape index (κ1) is 27.2. The fourth-order valence-corrected chi connectivity index (χ4v) is 8.08. The Kier molecular flexibility index (Phi) is 6.12. The van der Waals surface area contributed by atoms with Crippen molar-refractivity contribution in [2.24, 2.45) is 17.8 Å². The van der Waals surface area contributed by atoms with Crippen LogP contribution < -0.4 is 9.64 Å². The molecule has 0 spiro atoms. The standard InChI is InChI=1S/C27H20BrCl2FN2O7/c1-40-18-9-11(28)8-16(21(18)34)20-14-6-7-15-19(23(36)33(39)22(15)35)17(14)10-26(29)24(37)32(25(38)27(20,26)30)13-4-2-12(31)3-5-13/h2-6,8-9,15,17,19-20,34,39H,7,10H2,1H3. The molecule has 2 N–H and O–H groups in total. The molecule has 4 amide bonds. The smallest absolute Gasteiger partial charge is 0.258 e. The summed E-state index contributed by atoms with van der Waals surface area (Å²) in [5.74, 6) is -8.47. The Bertz CT molecular complexity index is 1550. The van der Waals surface area contributed by atoms with Crippen molar-refractivity contribution in [1.29, 1.82) is 0 Å². The number of ether oxygens (including phenoxy) is 1. The third-order valence-corrected chi connectivity index (χ3v) is 10.3. The van der Waals surface area contributed by atoms with Crippen LogP contribution in [0, 0.1) is 23.6 Å². The van der Waals surface area contributed by atoms with Crippen molar-refractivity contribution < 1.29 is 38.6 Å². The number of carbonyl (C=O) groups is 4. The van der Waals surface area contributed by atoms with Crippen molar-refractivity contribution in [1.82, 2.24) is 5.06 Å². The first-order valence-corrected chi connectivity index (χ1v) is 13.8. The Morgan fingerprint density at radius 2 is 1.73 bits per heavy atom. The van der Waals surface area contributed by atoms with Crippen LogP contribution in [0.25, 0.3) is 0 Å². The third kappa shape index (κ3) is 3.35. The van der Waals surface area contributed by atoms with Crippen LogP contribution in [-0.2, 0) is 19.2 Å². The van der Waals surface area contributed by atoms with Gasteiger partial charge in [-0.3, -0.25) is 24.4 Å². The Labute approximate surface area is 245 Å². The number of imide groups is 2. The van der Waals surface area contributed by atoms with Gasteiger partial charge in [0.05, 0.1) is 24.6 Å². The van der Waals surface area contributed by atoms with Gasteiger partial charge in [0.2, 0.25) is 0 Å². The van der Waals surface area contributed by atoms with E-state index in [1.54, 1.807) is 6.08 Å². The van der Waals surface area contributed by atoms with E-state index in [0.717, 1.165) is 17.0 Å². The molecule has 2 aromatic carbocycles. The Balaban J connectivity index is 1.62. The maximum absolute atomic E-state index is 14.2. The van der Waals surface area contributed by atoms with Crippen molar-refractivity contribution in [2.75, 3.05) is 12.0 Å². The number of aromatic hydroxyl groups is 1. The van der Waals surface area contributed by atoms with E-state index in [1.807, 2.05) is 0 Å². The number of hydrogen-bond donors (Lipinski definition) is 2. The van der Waals surface area contributed by atoms with Crippen molar-refractivity contribution in [3.63, 3.8) is 0 Å². The summed E-state index contributed by atoms with van der Waals surface area (Å²) in [7, 11) is 1.33. The van der Waals surface area contributed by atoms with Crippen LogP contribution in [0.1, 0.15) is 24.3 Å². The zero-order chi connectivity index (χ0) is 28.9. The highest BCUT2D eigenvalue weighted by Crippen LogP contribution is 2.66. The third-order valence-electron chi connectivity index (χ3n) is 8.47. The normalized spacial score (nSPS) is 33.1. The molecule has 0 aromatic heterocycles. The zero-order valence-corrected chi connectivity index (χ0v) is 23.7. The molecule has 0 bridgehead atoms. The average molecular weight is 654 g/mol. The van der Waals surface area contributed by atoms with Crippen LogP contribution in [0.5, 0.6) is 11.5 Å². The number of methoxy groups -OCH3 is 1. The highest BCUT2D eigenvalue weighted by Gasteiger charge is 2.77. The van der Waals surface area contributed by atoms with Gasteiger partial charge < -0.3 is 9.84 Å². The largest absolute Gasteiger partial charge is 0.504 e. The Hall–Kier alpha value is -2.99. The summed E-state index contributed by atoms with van der Waals surface area (Å²) in [4.78, 5) is 50.4. The van der Waals surface area contributed by atoms with Crippen LogP contribution in [0.2, 0.25) is 0 Å². The van der Waals surface area contributed by atoms with Crippen molar-refractivity contribution >= 4 is 68.4 Å². The number of nitrogens with zero attached hydrogens (tertiary/aromatic N) is 2. The van der Waals surface area contributed by atoms with Gasteiger partial charge in [-0.25, -0.2) is 9.29 Å². The van der Waals surface area contributed by atoms with Gasteiger partial charge in [0, 0.05) is 16.0 Å². The van der Waals surface area contributed by atoms with Gasteiger partial charge in [0.25, 0.3) is 23.6 Å². The SMILES string of the molecule is COc1cc(Br)cc(C2C3=CCC4C(=O)N(O)C(=O)C4C3CC3(Cl)C(=O)N(c4ccc(F)cc4)C(=O)C23Cl)c1O. The summed E-state index contributed by atoms with van der Waals surface area (Å²) < 4.78 is 19.5. The van der Waals surface area contributed by atoms with Gasteiger partial charge in [-0.15, -0.1) is 23.2 Å². The van der Waals surface area contributed by atoms with E-state index in [1.165, 1.54) is 31.4 Å².